The molecule has 0 bridgehead atoms. The summed E-state index contributed by atoms with van der Waals surface area (Å²) < 4.78 is 26.0. The van der Waals surface area contributed by atoms with Gasteiger partial charge in [0.1, 0.15) is 13.1 Å². The van der Waals surface area contributed by atoms with Gasteiger partial charge in [0.2, 0.25) is 27.7 Å². The number of rotatable bonds is 4. The molecule has 1 fully saturated rings. The largest absolute Gasteiger partial charge is 0.323 e. The van der Waals surface area contributed by atoms with Crippen molar-refractivity contribution in [1.29, 1.82) is 0 Å². The zero-order valence-corrected chi connectivity index (χ0v) is 11.7. The van der Waals surface area contributed by atoms with Gasteiger partial charge in [0.15, 0.2) is 0 Å². The SMILES string of the molecule is O=C1CN(C(=O)CNS(=O)(=O)c2ccccc2)CC(=O)N1. The Hall–Kier alpha value is -2.26. The maximum atomic E-state index is 11.9. The summed E-state index contributed by atoms with van der Waals surface area (Å²) in [7, 11) is -3.80. The number of carbonyl (C=O) groups is 3. The average molecular weight is 311 g/mol. The first-order valence-corrected chi connectivity index (χ1v) is 7.52. The van der Waals surface area contributed by atoms with Gasteiger partial charge in [-0.3, -0.25) is 19.7 Å². The van der Waals surface area contributed by atoms with E-state index < -0.39 is 34.3 Å². The van der Waals surface area contributed by atoms with Crippen molar-refractivity contribution >= 4 is 27.7 Å². The van der Waals surface area contributed by atoms with Gasteiger partial charge in [-0.15, -0.1) is 0 Å². The number of nitrogens with zero attached hydrogens (tertiary/aromatic N) is 1. The molecule has 0 unspecified atom stereocenters. The van der Waals surface area contributed by atoms with Crippen molar-refractivity contribution in [3.63, 3.8) is 0 Å². The summed E-state index contributed by atoms with van der Waals surface area (Å²) in [5, 5.41) is 2.05. The van der Waals surface area contributed by atoms with Gasteiger partial charge in [-0.1, -0.05) is 18.2 Å². The van der Waals surface area contributed by atoms with Gasteiger partial charge in [0.25, 0.3) is 0 Å². The lowest BCUT2D eigenvalue weighted by atomic mass is 10.3. The van der Waals surface area contributed by atoms with E-state index in [1.54, 1.807) is 18.2 Å². The molecule has 8 nitrogen and oxygen atoms in total. The third-order valence-electron chi connectivity index (χ3n) is 2.77. The zero-order valence-electron chi connectivity index (χ0n) is 10.9. The number of piperazine rings is 1. The molecule has 112 valence electrons. The van der Waals surface area contributed by atoms with Gasteiger partial charge in [-0.2, -0.15) is 0 Å². The molecule has 3 amide bonds. The second kappa shape index (κ2) is 6.02. The normalized spacial score (nSPS) is 15.7. The second-order valence-electron chi connectivity index (χ2n) is 4.36. The Bertz CT molecular complexity index is 655. The van der Waals surface area contributed by atoms with Gasteiger partial charge in [-0.05, 0) is 12.1 Å². The second-order valence-corrected chi connectivity index (χ2v) is 6.13. The molecule has 2 N–H and O–H groups in total. The molecule has 0 spiro atoms. The van der Waals surface area contributed by atoms with E-state index in [1.807, 2.05) is 0 Å². The highest BCUT2D eigenvalue weighted by molar-refractivity contribution is 7.89. The summed E-state index contributed by atoms with van der Waals surface area (Å²) in [6.07, 6.45) is 0. The predicted molar refractivity (Wildman–Crippen MR) is 71.4 cm³/mol. The van der Waals surface area contributed by atoms with E-state index >= 15 is 0 Å². The van der Waals surface area contributed by atoms with Crippen LogP contribution < -0.4 is 10.0 Å². The van der Waals surface area contributed by atoms with E-state index in [4.69, 9.17) is 0 Å². The third-order valence-corrected chi connectivity index (χ3v) is 4.18. The molecular formula is C12H13N3O5S. The molecule has 1 heterocycles. The number of imide groups is 1. The molecule has 9 heteroatoms. The summed E-state index contributed by atoms with van der Waals surface area (Å²) in [4.78, 5) is 35.2. The van der Waals surface area contributed by atoms with Crippen LogP contribution >= 0.6 is 0 Å². The number of sulfonamides is 1. The standard InChI is InChI=1S/C12H13N3O5S/c16-10-7-15(8-11(17)14-10)12(18)6-13-21(19,20)9-4-2-1-3-5-9/h1-5,13H,6-8H2,(H,14,16,17). The van der Waals surface area contributed by atoms with Crippen molar-refractivity contribution in [3.05, 3.63) is 30.3 Å². The topological polar surface area (TPSA) is 113 Å². The van der Waals surface area contributed by atoms with E-state index in [1.165, 1.54) is 12.1 Å². The van der Waals surface area contributed by atoms with Crippen LogP contribution in [0.5, 0.6) is 0 Å². The van der Waals surface area contributed by atoms with E-state index in [-0.39, 0.29) is 18.0 Å². The smallest absolute Gasteiger partial charge is 0.246 e. The van der Waals surface area contributed by atoms with Crippen LogP contribution in [0.25, 0.3) is 0 Å². The number of hydrogen-bond acceptors (Lipinski definition) is 5. The molecule has 2 rings (SSSR count). The summed E-state index contributed by atoms with van der Waals surface area (Å²) in [6, 6.07) is 7.57. The number of benzene rings is 1. The van der Waals surface area contributed by atoms with Crippen LogP contribution in [-0.4, -0.2) is 50.7 Å². The Kier molecular flexibility index (Phi) is 4.34. The molecule has 21 heavy (non-hydrogen) atoms. The fraction of sp³-hybridized carbons (Fsp3) is 0.250. The molecule has 0 aromatic heterocycles. The maximum Gasteiger partial charge on any atom is 0.246 e. The Balaban J connectivity index is 1.98. The lowest BCUT2D eigenvalue weighted by molar-refractivity contribution is -0.144. The highest BCUT2D eigenvalue weighted by atomic mass is 32.2. The highest BCUT2D eigenvalue weighted by Gasteiger charge is 2.27. The van der Waals surface area contributed by atoms with Crippen molar-refractivity contribution in [2.24, 2.45) is 0 Å². The first-order valence-electron chi connectivity index (χ1n) is 6.03. The van der Waals surface area contributed by atoms with Crippen molar-refractivity contribution in [2.75, 3.05) is 19.6 Å². The highest BCUT2D eigenvalue weighted by Crippen LogP contribution is 2.06. The van der Waals surface area contributed by atoms with Crippen molar-refractivity contribution < 1.29 is 22.8 Å². The van der Waals surface area contributed by atoms with Crippen LogP contribution in [0, 0.1) is 0 Å². The van der Waals surface area contributed by atoms with Crippen LogP contribution in [0.2, 0.25) is 0 Å². The van der Waals surface area contributed by atoms with Crippen molar-refractivity contribution in [2.45, 2.75) is 4.90 Å². The predicted octanol–water partition coefficient (Wildman–Crippen LogP) is -1.55. The van der Waals surface area contributed by atoms with Gasteiger partial charge in [-0.25, -0.2) is 13.1 Å². The summed E-state index contributed by atoms with van der Waals surface area (Å²) in [6.45, 7) is -1.05. The van der Waals surface area contributed by atoms with E-state index in [0.29, 0.717) is 0 Å². The van der Waals surface area contributed by atoms with Crippen LogP contribution in [-0.2, 0) is 24.4 Å². The minimum Gasteiger partial charge on any atom is -0.323 e. The maximum absolute atomic E-state index is 11.9. The first-order chi connectivity index (χ1) is 9.88. The Morgan fingerprint density at radius 2 is 1.71 bits per heavy atom. The quantitative estimate of drug-likeness (QED) is 0.654. The summed E-state index contributed by atoms with van der Waals surface area (Å²) >= 11 is 0. The van der Waals surface area contributed by atoms with E-state index in [0.717, 1.165) is 4.90 Å². The van der Waals surface area contributed by atoms with Crippen LogP contribution in [0.4, 0.5) is 0 Å². The lowest BCUT2D eigenvalue weighted by Gasteiger charge is -2.25. The minimum absolute atomic E-state index is 0.0327. The van der Waals surface area contributed by atoms with Gasteiger partial charge >= 0.3 is 0 Å². The molecule has 0 atom stereocenters. The lowest BCUT2D eigenvalue weighted by Crippen LogP contribution is -2.55. The van der Waals surface area contributed by atoms with Gasteiger partial charge in [0.05, 0.1) is 11.4 Å². The molecule has 1 aromatic carbocycles. The number of hydrogen-bond donors (Lipinski definition) is 2. The molecule has 0 saturated carbocycles. The molecule has 0 radical (unpaired) electrons. The van der Waals surface area contributed by atoms with Crippen LogP contribution in [0.3, 0.4) is 0 Å². The van der Waals surface area contributed by atoms with Crippen molar-refractivity contribution in [1.82, 2.24) is 14.9 Å². The van der Waals surface area contributed by atoms with Crippen LogP contribution in [0.1, 0.15) is 0 Å². The summed E-state index contributed by atoms with van der Waals surface area (Å²) in [5.41, 5.74) is 0. The van der Waals surface area contributed by atoms with E-state index in [9.17, 15) is 22.8 Å². The Labute approximate surface area is 121 Å². The third kappa shape index (κ3) is 3.86. The number of amides is 3. The van der Waals surface area contributed by atoms with Gasteiger partial charge < -0.3 is 4.90 Å². The molecule has 1 aromatic rings. The zero-order chi connectivity index (χ0) is 15.5. The molecule has 1 saturated heterocycles. The van der Waals surface area contributed by atoms with Gasteiger partial charge in [0, 0.05) is 0 Å². The average Bonchev–Trinajstić information content (AvgIpc) is 2.45. The first kappa shape index (κ1) is 15.1. The minimum atomic E-state index is -3.80. The molecular weight excluding hydrogens is 298 g/mol. The number of nitrogens with one attached hydrogen (secondary N) is 2. The fourth-order valence-corrected chi connectivity index (χ4v) is 2.76. The molecule has 1 aliphatic heterocycles. The Morgan fingerprint density at radius 3 is 2.29 bits per heavy atom. The summed E-state index contributed by atoms with van der Waals surface area (Å²) in [5.74, 6) is -1.83. The van der Waals surface area contributed by atoms with Crippen molar-refractivity contribution in [3.8, 4) is 0 Å². The molecule has 1 aliphatic rings. The van der Waals surface area contributed by atoms with E-state index in [2.05, 4.69) is 10.0 Å². The fourth-order valence-electron chi connectivity index (χ4n) is 1.77. The Morgan fingerprint density at radius 1 is 1.14 bits per heavy atom. The van der Waals surface area contributed by atoms with Crippen LogP contribution in [0.15, 0.2) is 35.2 Å². The monoisotopic (exact) mass is 311 g/mol. The molecule has 0 aliphatic carbocycles. The number of carbonyl (C=O) groups excluding carboxylic acids is 3.